The number of nitriles is 1. The van der Waals surface area contributed by atoms with Crippen LogP contribution < -0.4 is 5.32 Å². The van der Waals surface area contributed by atoms with Gasteiger partial charge in [-0.05, 0) is 34.1 Å². The molecule has 2 rings (SSSR count). The standard InChI is InChI=1S/C13H8BrN3O2/c14-11-3-1-2-4-13(11)16-12-6-5-10(17(18)19)7-9(12)8-15/h1-7,16H. The number of non-ortho nitro benzene ring substituents is 1. The second-order valence-electron chi connectivity index (χ2n) is 3.70. The molecule has 0 bridgehead atoms. The fourth-order valence-electron chi connectivity index (χ4n) is 1.55. The van der Waals surface area contributed by atoms with Crippen molar-refractivity contribution in [1.82, 2.24) is 0 Å². The van der Waals surface area contributed by atoms with E-state index in [1.54, 1.807) is 0 Å². The summed E-state index contributed by atoms with van der Waals surface area (Å²) in [5.41, 5.74) is 1.44. The lowest BCUT2D eigenvalue weighted by Crippen LogP contribution is -1.96. The maximum Gasteiger partial charge on any atom is 0.270 e. The van der Waals surface area contributed by atoms with Gasteiger partial charge in [0.25, 0.3) is 5.69 Å². The Balaban J connectivity index is 2.39. The van der Waals surface area contributed by atoms with Gasteiger partial charge in [-0.2, -0.15) is 5.26 Å². The molecule has 0 saturated heterocycles. The number of anilines is 2. The predicted molar refractivity (Wildman–Crippen MR) is 75.2 cm³/mol. The first-order valence-corrected chi connectivity index (χ1v) is 6.11. The number of rotatable bonds is 3. The topological polar surface area (TPSA) is 79.0 Å². The second-order valence-corrected chi connectivity index (χ2v) is 4.56. The molecule has 0 aliphatic carbocycles. The number of hydrogen-bond donors (Lipinski definition) is 1. The highest BCUT2D eigenvalue weighted by Crippen LogP contribution is 2.28. The summed E-state index contributed by atoms with van der Waals surface area (Å²) in [5, 5.41) is 22.8. The highest BCUT2D eigenvalue weighted by Gasteiger charge is 2.11. The molecule has 1 N–H and O–H groups in total. The van der Waals surface area contributed by atoms with Gasteiger partial charge in [0.2, 0.25) is 0 Å². The Morgan fingerprint density at radius 3 is 2.58 bits per heavy atom. The van der Waals surface area contributed by atoms with Crippen LogP contribution in [0.25, 0.3) is 0 Å². The molecule has 0 heterocycles. The van der Waals surface area contributed by atoms with Crippen molar-refractivity contribution in [3.8, 4) is 6.07 Å². The SMILES string of the molecule is N#Cc1cc([N+](=O)[O-])ccc1Nc1ccccc1Br. The minimum atomic E-state index is -0.525. The summed E-state index contributed by atoms with van der Waals surface area (Å²) in [7, 11) is 0. The van der Waals surface area contributed by atoms with Gasteiger partial charge in [0.1, 0.15) is 6.07 Å². The first kappa shape index (κ1) is 13.1. The third-order valence-corrected chi connectivity index (χ3v) is 3.17. The van der Waals surface area contributed by atoms with E-state index in [-0.39, 0.29) is 11.3 Å². The summed E-state index contributed by atoms with van der Waals surface area (Å²) in [6.45, 7) is 0. The Morgan fingerprint density at radius 1 is 1.21 bits per heavy atom. The second kappa shape index (κ2) is 5.50. The average Bonchev–Trinajstić information content (AvgIpc) is 2.41. The van der Waals surface area contributed by atoms with E-state index in [1.165, 1.54) is 18.2 Å². The van der Waals surface area contributed by atoms with Crippen molar-refractivity contribution in [2.75, 3.05) is 5.32 Å². The largest absolute Gasteiger partial charge is 0.354 e. The van der Waals surface area contributed by atoms with Crippen LogP contribution in [-0.4, -0.2) is 4.92 Å². The van der Waals surface area contributed by atoms with Crippen molar-refractivity contribution in [3.63, 3.8) is 0 Å². The van der Waals surface area contributed by atoms with Crippen molar-refractivity contribution in [2.45, 2.75) is 0 Å². The van der Waals surface area contributed by atoms with Gasteiger partial charge in [0.15, 0.2) is 0 Å². The fourth-order valence-corrected chi connectivity index (χ4v) is 1.94. The maximum absolute atomic E-state index is 10.7. The third-order valence-electron chi connectivity index (χ3n) is 2.48. The number of para-hydroxylation sites is 1. The molecular weight excluding hydrogens is 310 g/mol. The van der Waals surface area contributed by atoms with Crippen molar-refractivity contribution in [1.29, 1.82) is 5.26 Å². The highest BCUT2D eigenvalue weighted by atomic mass is 79.9. The summed E-state index contributed by atoms with van der Waals surface area (Å²) < 4.78 is 0.845. The van der Waals surface area contributed by atoms with Crippen LogP contribution in [0.2, 0.25) is 0 Å². The molecule has 0 unspecified atom stereocenters. The molecule has 0 aliphatic heterocycles. The van der Waals surface area contributed by atoms with Crippen LogP contribution in [-0.2, 0) is 0 Å². The van der Waals surface area contributed by atoms with E-state index >= 15 is 0 Å². The lowest BCUT2D eigenvalue weighted by atomic mass is 10.1. The van der Waals surface area contributed by atoms with Crippen molar-refractivity contribution < 1.29 is 4.92 Å². The van der Waals surface area contributed by atoms with Gasteiger partial charge in [0, 0.05) is 16.6 Å². The molecule has 0 atom stereocenters. The number of nitro benzene ring substituents is 1. The number of benzene rings is 2. The number of hydrogen-bond acceptors (Lipinski definition) is 4. The fraction of sp³-hybridized carbons (Fsp3) is 0. The number of halogens is 1. The van der Waals surface area contributed by atoms with Crippen LogP contribution in [0.4, 0.5) is 17.1 Å². The van der Waals surface area contributed by atoms with Gasteiger partial charge in [-0.15, -0.1) is 0 Å². The zero-order valence-electron chi connectivity index (χ0n) is 9.63. The van der Waals surface area contributed by atoms with Gasteiger partial charge in [-0.1, -0.05) is 12.1 Å². The minimum absolute atomic E-state index is 0.103. The lowest BCUT2D eigenvalue weighted by molar-refractivity contribution is -0.384. The van der Waals surface area contributed by atoms with Crippen LogP contribution >= 0.6 is 15.9 Å². The Bertz CT molecular complexity index is 680. The summed E-state index contributed by atoms with van der Waals surface area (Å²) in [6.07, 6.45) is 0. The van der Waals surface area contributed by atoms with Gasteiger partial charge in [-0.25, -0.2) is 0 Å². The van der Waals surface area contributed by atoms with Gasteiger partial charge in [0.05, 0.1) is 21.9 Å². The molecule has 0 aromatic heterocycles. The zero-order valence-corrected chi connectivity index (χ0v) is 11.2. The summed E-state index contributed by atoms with van der Waals surface area (Å²) in [5.74, 6) is 0. The molecule has 19 heavy (non-hydrogen) atoms. The van der Waals surface area contributed by atoms with Crippen molar-refractivity contribution >= 4 is 33.0 Å². The molecule has 6 heteroatoms. The molecule has 0 aliphatic rings. The minimum Gasteiger partial charge on any atom is -0.354 e. The van der Waals surface area contributed by atoms with E-state index < -0.39 is 4.92 Å². The summed E-state index contributed by atoms with van der Waals surface area (Å²) >= 11 is 3.38. The quantitative estimate of drug-likeness (QED) is 0.686. The normalized spacial score (nSPS) is 9.68. The van der Waals surface area contributed by atoms with Crippen molar-refractivity contribution in [3.05, 3.63) is 62.6 Å². The Morgan fingerprint density at radius 2 is 1.95 bits per heavy atom. The Labute approximate surface area is 117 Å². The molecule has 0 amide bonds. The average molecular weight is 318 g/mol. The Kier molecular flexibility index (Phi) is 3.78. The molecule has 0 radical (unpaired) electrons. The maximum atomic E-state index is 10.7. The molecule has 2 aromatic carbocycles. The van der Waals surface area contributed by atoms with E-state index in [2.05, 4.69) is 21.2 Å². The lowest BCUT2D eigenvalue weighted by Gasteiger charge is -2.09. The zero-order chi connectivity index (χ0) is 13.8. The van der Waals surface area contributed by atoms with Crippen LogP contribution in [0.15, 0.2) is 46.9 Å². The van der Waals surface area contributed by atoms with Crippen LogP contribution in [0.1, 0.15) is 5.56 Å². The van der Waals surface area contributed by atoms with Crippen LogP contribution in [0, 0.1) is 21.4 Å². The van der Waals surface area contributed by atoms with E-state index in [4.69, 9.17) is 5.26 Å². The molecule has 0 spiro atoms. The summed E-state index contributed by atoms with van der Waals surface area (Å²) in [6, 6.07) is 13.5. The van der Waals surface area contributed by atoms with Gasteiger partial charge < -0.3 is 5.32 Å². The van der Waals surface area contributed by atoms with Crippen LogP contribution in [0.3, 0.4) is 0 Å². The smallest absolute Gasteiger partial charge is 0.270 e. The number of nitrogens with zero attached hydrogens (tertiary/aromatic N) is 2. The van der Waals surface area contributed by atoms with Gasteiger partial charge in [-0.3, -0.25) is 10.1 Å². The van der Waals surface area contributed by atoms with E-state index in [0.717, 1.165) is 10.2 Å². The third kappa shape index (κ3) is 2.89. The molecule has 94 valence electrons. The van der Waals surface area contributed by atoms with E-state index in [1.807, 2.05) is 30.3 Å². The molecular formula is C13H8BrN3O2. The molecule has 0 fully saturated rings. The van der Waals surface area contributed by atoms with Gasteiger partial charge >= 0.3 is 0 Å². The van der Waals surface area contributed by atoms with E-state index in [0.29, 0.717) is 5.69 Å². The van der Waals surface area contributed by atoms with Crippen molar-refractivity contribution in [2.24, 2.45) is 0 Å². The first-order valence-electron chi connectivity index (χ1n) is 5.32. The predicted octanol–water partition coefficient (Wildman–Crippen LogP) is 3.97. The molecule has 2 aromatic rings. The van der Waals surface area contributed by atoms with Crippen LogP contribution in [0.5, 0.6) is 0 Å². The number of nitrogens with one attached hydrogen (secondary N) is 1. The Hall–Kier alpha value is -2.39. The number of nitro groups is 1. The van der Waals surface area contributed by atoms with E-state index in [9.17, 15) is 10.1 Å². The molecule has 5 nitrogen and oxygen atoms in total. The first-order chi connectivity index (χ1) is 9.11. The summed E-state index contributed by atoms with van der Waals surface area (Å²) in [4.78, 5) is 10.1. The monoisotopic (exact) mass is 317 g/mol. The highest BCUT2D eigenvalue weighted by molar-refractivity contribution is 9.10. The molecule has 0 saturated carbocycles.